The first kappa shape index (κ1) is 19.4. The third kappa shape index (κ3) is 4.47. The van der Waals surface area contributed by atoms with Crippen LogP contribution in [0.1, 0.15) is 12.5 Å². The normalized spacial score (nSPS) is 10.9. The predicted octanol–water partition coefficient (Wildman–Crippen LogP) is 5.77. The van der Waals surface area contributed by atoms with Crippen LogP contribution in [0.25, 0.3) is 11.1 Å². The molecule has 28 heavy (non-hydrogen) atoms. The van der Waals surface area contributed by atoms with Crippen LogP contribution >= 0.6 is 11.6 Å². The SMILES string of the molecule is CCOc1cc(C=Nc2ccc(-c3ccc([N+](=O)[O-])cc3)cc2)cc(Cl)c1O. The molecule has 0 aromatic heterocycles. The van der Waals surface area contributed by atoms with Crippen LogP contribution in [0, 0.1) is 10.1 Å². The molecule has 0 aliphatic rings. The Bertz CT molecular complexity index is 1020. The highest BCUT2D eigenvalue weighted by atomic mass is 35.5. The van der Waals surface area contributed by atoms with E-state index < -0.39 is 4.92 Å². The van der Waals surface area contributed by atoms with Gasteiger partial charge in [-0.25, -0.2) is 0 Å². The van der Waals surface area contributed by atoms with Crippen LogP contribution in [-0.4, -0.2) is 22.9 Å². The number of halogens is 1. The molecule has 0 aliphatic carbocycles. The van der Waals surface area contributed by atoms with Crippen molar-refractivity contribution in [2.24, 2.45) is 4.99 Å². The van der Waals surface area contributed by atoms with Crippen molar-refractivity contribution in [1.82, 2.24) is 0 Å². The third-order valence-corrected chi connectivity index (χ3v) is 4.28. The summed E-state index contributed by atoms with van der Waals surface area (Å²) >= 11 is 6.02. The highest BCUT2D eigenvalue weighted by Crippen LogP contribution is 2.35. The minimum atomic E-state index is -0.422. The van der Waals surface area contributed by atoms with E-state index in [2.05, 4.69) is 4.99 Å². The molecular weight excluding hydrogens is 380 g/mol. The lowest BCUT2D eigenvalue weighted by Crippen LogP contribution is -1.94. The average Bonchev–Trinajstić information content (AvgIpc) is 2.70. The second-order valence-corrected chi connectivity index (χ2v) is 6.30. The molecule has 1 N–H and O–H groups in total. The van der Waals surface area contributed by atoms with Crippen molar-refractivity contribution in [2.75, 3.05) is 6.61 Å². The Balaban J connectivity index is 1.78. The second kappa shape index (κ2) is 8.54. The number of nitrogens with zero attached hydrogens (tertiary/aromatic N) is 2. The van der Waals surface area contributed by atoms with E-state index in [0.29, 0.717) is 17.9 Å². The van der Waals surface area contributed by atoms with Crippen LogP contribution in [-0.2, 0) is 0 Å². The highest BCUT2D eigenvalue weighted by Gasteiger charge is 2.09. The first-order valence-electron chi connectivity index (χ1n) is 8.52. The lowest BCUT2D eigenvalue weighted by molar-refractivity contribution is -0.384. The van der Waals surface area contributed by atoms with E-state index in [1.165, 1.54) is 12.1 Å². The van der Waals surface area contributed by atoms with E-state index in [-0.39, 0.29) is 16.5 Å². The second-order valence-electron chi connectivity index (χ2n) is 5.89. The molecule has 0 aliphatic heterocycles. The number of aromatic hydroxyl groups is 1. The molecule has 0 saturated carbocycles. The van der Waals surface area contributed by atoms with Gasteiger partial charge in [-0.1, -0.05) is 23.7 Å². The Morgan fingerprint density at radius 1 is 1.11 bits per heavy atom. The number of benzene rings is 3. The summed E-state index contributed by atoms with van der Waals surface area (Å²) in [6.07, 6.45) is 1.63. The molecule has 0 atom stereocenters. The highest BCUT2D eigenvalue weighted by molar-refractivity contribution is 6.32. The summed E-state index contributed by atoms with van der Waals surface area (Å²) in [5.41, 5.74) is 3.30. The topological polar surface area (TPSA) is 85.0 Å². The fourth-order valence-corrected chi connectivity index (χ4v) is 2.82. The van der Waals surface area contributed by atoms with E-state index in [0.717, 1.165) is 16.8 Å². The van der Waals surface area contributed by atoms with Gasteiger partial charge in [0.2, 0.25) is 0 Å². The molecule has 7 heteroatoms. The van der Waals surface area contributed by atoms with Crippen molar-refractivity contribution in [3.63, 3.8) is 0 Å². The molecule has 3 aromatic rings. The minimum Gasteiger partial charge on any atom is -0.503 e. The van der Waals surface area contributed by atoms with E-state index in [1.807, 2.05) is 31.2 Å². The Hall–Kier alpha value is -3.38. The van der Waals surface area contributed by atoms with Gasteiger partial charge in [0.25, 0.3) is 5.69 Å². The van der Waals surface area contributed by atoms with Gasteiger partial charge in [0.15, 0.2) is 11.5 Å². The van der Waals surface area contributed by atoms with E-state index >= 15 is 0 Å². The molecule has 0 unspecified atom stereocenters. The molecule has 0 bridgehead atoms. The van der Waals surface area contributed by atoms with Gasteiger partial charge in [0.1, 0.15) is 0 Å². The van der Waals surface area contributed by atoms with E-state index in [9.17, 15) is 15.2 Å². The molecular formula is C21H17ClN2O4. The van der Waals surface area contributed by atoms with Gasteiger partial charge in [0, 0.05) is 18.3 Å². The van der Waals surface area contributed by atoms with Crippen molar-refractivity contribution in [1.29, 1.82) is 0 Å². The largest absolute Gasteiger partial charge is 0.503 e. The standard InChI is InChI=1S/C21H17ClN2O4/c1-2-28-20-12-14(11-19(22)21(20)25)13-23-17-7-3-15(4-8-17)16-5-9-18(10-6-16)24(26)27/h3-13,25H,2H2,1H3. The smallest absolute Gasteiger partial charge is 0.269 e. The number of hydrogen-bond donors (Lipinski definition) is 1. The maximum Gasteiger partial charge on any atom is 0.269 e. The first-order valence-corrected chi connectivity index (χ1v) is 8.90. The third-order valence-electron chi connectivity index (χ3n) is 3.99. The molecule has 6 nitrogen and oxygen atoms in total. The van der Waals surface area contributed by atoms with Gasteiger partial charge < -0.3 is 9.84 Å². The Kier molecular flexibility index (Phi) is 5.91. The lowest BCUT2D eigenvalue weighted by Gasteiger charge is -2.08. The molecule has 3 aromatic carbocycles. The summed E-state index contributed by atoms with van der Waals surface area (Å²) in [6.45, 7) is 2.23. The summed E-state index contributed by atoms with van der Waals surface area (Å²) in [7, 11) is 0. The van der Waals surface area contributed by atoms with Crippen LogP contribution in [0.2, 0.25) is 5.02 Å². The quantitative estimate of drug-likeness (QED) is 0.325. The zero-order chi connectivity index (χ0) is 20.1. The van der Waals surface area contributed by atoms with Gasteiger partial charge in [-0.2, -0.15) is 0 Å². The molecule has 0 spiro atoms. The van der Waals surface area contributed by atoms with Crippen molar-refractivity contribution in [3.05, 3.63) is 81.4 Å². The lowest BCUT2D eigenvalue weighted by atomic mass is 10.1. The van der Waals surface area contributed by atoms with Crippen LogP contribution in [0.3, 0.4) is 0 Å². The molecule has 3 rings (SSSR count). The fourth-order valence-electron chi connectivity index (χ4n) is 2.60. The zero-order valence-corrected chi connectivity index (χ0v) is 15.8. The van der Waals surface area contributed by atoms with Gasteiger partial charge in [-0.15, -0.1) is 0 Å². The van der Waals surface area contributed by atoms with Gasteiger partial charge in [0.05, 0.1) is 22.2 Å². The van der Waals surface area contributed by atoms with Crippen molar-refractivity contribution in [2.45, 2.75) is 6.92 Å². The maximum absolute atomic E-state index is 10.7. The van der Waals surface area contributed by atoms with Gasteiger partial charge in [-0.3, -0.25) is 15.1 Å². The maximum atomic E-state index is 10.7. The number of nitro groups is 1. The molecule has 0 fully saturated rings. The summed E-state index contributed by atoms with van der Waals surface area (Å²) in [5.74, 6) is 0.220. The van der Waals surface area contributed by atoms with E-state index in [4.69, 9.17) is 16.3 Å². The summed E-state index contributed by atoms with van der Waals surface area (Å²) in [5, 5.41) is 20.8. The number of rotatable bonds is 6. The summed E-state index contributed by atoms with van der Waals surface area (Å²) < 4.78 is 5.36. The number of phenolic OH excluding ortho intramolecular Hbond substituents is 1. The predicted molar refractivity (Wildman–Crippen MR) is 110 cm³/mol. The number of hydrogen-bond acceptors (Lipinski definition) is 5. The average molecular weight is 397 g/mol. The van der Waals surface area contributed by atoms with E-state index in [1.54, 1.807) is 30.5 Å². The van der Waals surface area contributed by atoms with Crippen LogP contribution in [0.4, 0.5) is 11.4 Å². The molecule has 0 saturated heterocycles. The summed E-state index contributed by atoms with van der Waals surface area (Å²) in [6, 6.07) is 17.1. The number of aliphatic imine (C=N–C) groups is 1. The Morgan fingerprint density at radius 2 is 1.71 bits per heavy atom. The van der Waals surface area contributed by atoms with Crippen LogP contribution < -0.4 is 4.74 Å². The molecule has 0 radical (unpaired) electrons. The molecule has 0 heterocycles. The molecule has 142 valence electrons. The molecule has 0 amide bonds. The monoisotopic (exact) mass is 396 g/mol. The van der Waals surface area contributed by atoms with Crippen molar-refractivity contribution in [3.8, 4) is 22.6 Å². The van der Waals surface area contributed by atoms with Gasteiger partial charge >= 0.3 is 0 Å². The summed E-state index contributed by atoms with van der Waals surface area (Å²) in [4.78, 5) is 14.7. The zero-order valence-electron chi connectivity index (χ0n) is 15.0. The van der Waals surface area contributed by atoms with Crippen molar-refractivity contribution < 1.29 is 14.8 Å². The Morgan fingerprint density at radius 3 is 2.29 bits per heavy atom. The first-order chi connectivity index (χ1) is 13.5. The number of non-ortho nitro benzene ring substituents is 1. The van der Waals surface area contributed by atoms with Crippen molar-refractivity contribution >= 4 is 29.2 Å². The fraction of sp³-hybridized carbons (Fsp3) is 0.0952. The minimum absolute atomic E-state index is 0.0592. The van der Waals surface area contributed by atoms with Gasteiger partial charge in [-0.05, 0) is 60.0 Å². The van der Waals surface area contributed by atoms with Crippen LogP contribution in [0.15, 0.2) is 65.7 Å². The van der Waals surface area contributed by atoms with Crippen LogP contribution in [0.5, 0.6) is 11.5 Å². The number of phenols is 1. The Labute approximate surface area is 166 Å². The number of ether oxygens (including phenoxy) is 1. The number of nitro benzene ring substituents is 1.